The van der Waals surface area contributed by atoms with Crippen LogP contribution in [0.5, 0.6) is 11.6 Å². The lowest BCUT2D eigenvalue weighted by molar-refractivity contribution is 0.0725. The van der Waals surface area contributed by atoms with E-state index >= 15 is 0 Å². The van der Waals surface area contributed by atoms with Crippen LogP contribution in [0.4, 0.5) is 0 Å². The molecule has 0 atom stereocenters. The van der Waals surface area contributed by atoms with Crippen molar-refractivity contribution in [1.29, 1.82) is 0 Å². The lowest BCUT2D eigenvalue weighted by Crippen LogP contribution is -2.33. The maximum Gasteiger partial charge on any atom is 0.259 e. The van der Waals surface area contributed by atoms with Crippen LogP contribution in [-0.2, 0) is 6.54 Å². The van der Waals surface area contributed by atoms with Crippen LogP contribution >= 0.6 is 0 Å². The Hall–Kier alpha value is -2.56. The van der Waals surface area contributed by atoms with Crippen LogP contribution in [0.1, 0.15) is 28.8 Å². The van der Waals surface area contributed by atoms with Gasteiger partial charge in [0.15, 0.2) is 0 Å². The van der Waals surface area contributed by atoms with Gasteiger partial charge in [0, 0.05) is 18.8 Å². The molecule has 0 radical (unpaired) electrons. The predicted octanol–water partition coefficient (Wildman–Crippen LogP) is 2.90. The number of carbonyl (C=O) groups is 1. The van der Waals surface area contributed by atoms with Gasteiger partial charge < -0.3 is 14.4 Å². The summed E-state index contributed by atoms with van der Waals surface area (Å²) in [6, 6.07) is 11.6. The molecule has 1 aliphatic carbocycles. The summed E-state index contributed by atoms with van der Waals surface area (Å²) in [5.41, 5.74) is 1.59. The Morgan fingerprint density at radius 1 is 1.17 bits per heavy atom. The molecule has 120 valence electrons. The van der Waals surface area contributed by atoms with Crippen molar-refractivity contribution in [2.45, 2.75) is 25.4 Å². The molecule has 5 nitrogen and oxygen atoms in total. The number of amides is 1. The molecule has 1 aromatic heterocycles. The number of pyridine rings is 1. The average molecular weight is 312 g/mol. The van der Waals surface area contributed by atoms with Gasteiger partial charge in [0.1, 0.15) is 11.3 Å². The van der Waals surface area contributed by atoms with Gasteiger partial charge in [0.2, 0.25) is 5.88 Å². The van der Waals surface area contributed by atoms with Crippen LogP contribution in [-0.4, -0.2) is 36.1 Å². The second-order valence-corrected chi connectivity index (χ2v) is 5.57. The van der Waals surface area contributed by atoms with E-state index in [1.807, 2.05) is 29.2 Å². The van der Waals surface area contributed by atoms with E-state index in [4.69, 9.17) is 9.47 Å². The maximum atomic E-state index is 12.9. The van der Waals surface area contributed by atoms with Crippen molar-refractivity contribution in [3.05, 3.63) is 53.7 Å². The molecule has 1 fully saturated rings. The number of methoxy groups -OCH3 is 2. The van der Waals surface area contributed by atoms with Crippen molar-refractivity contribution in [2.24, 2.45) is 0 Å². The number of benzene rings is 1. The molecular weight excluding hydrogens is 292 g/mol. The minimum Gasteiger partial charge on any atom is -0.497 e. The van der Waals surface area contributed by atoms with Gasteiger partial charge in [-0.1, -0.05) is 12.1 Å². The molecule has 1 saturated carbocycles. The number of hydrogen-bond donors (Lipinski definition) is 0. The predicted molar refractivity (Wildman–Crippen MR) is 86.7 cm³/mol. The van der Waals surface area contributed by atoms with Gasteiger partial charge in [-0.25, -0.2) is 4.98 Å². The van der Waals surface area contributed by atoms with E-state index in [1.165, 1.54) is 7.11 Å². The van der Waals surface area contributed by atoms with Gasteiger partial charge in [-0.05, 0) is 42.7 Å². The Balaban J connectivity index is 1.82. The quantitative estimate of drug-likeness (QED) is 0.823. The first-order valence-electron chi connectivity index (χ1n) is 7.66. The Morgan fingerprint density at radius 2 is 1.91 bits per heavy atom. The monoisotopic (exact) mass is 312 g/mol. The summed E-state index contributed by atoms with van der Waals surface area (Å²) in [6.07, 6.45) is 3.72. The topological polar surface area (TPSA) is 51.7 Å². The number of carbonyl (C=O) groups excluding carboxylic acids is 1. The zero-order valence-electron chi connectivity index (χ0n) is 13.4. The molecule has 1 heterocycles. The highest BCUT2D eigenvalue weighted by atomic mass is 16.5. The highest BCUT2D eigenvalue weighted by Gasteiger charge is 2.34. The highest BCUT2D eigenvalue weighted by molar-refractivity contribution is 5.96. The summed E-state index contributed by atoms with van der Waals surface area (Å²) in [4.78, 5) is 18.9. The number of aromatic nitrogens is 1. The molecule has 1 amide bonds. The standard InChI is InChI=1S/C18H20N2O3/c1-22-15-9-5-13(6-10-15)12-20(14-7-8-14)18(21)16-4-3-11-19-17(16)23-2/h3-6,9-11,14H,7-8,12H2,1-2H3. The molecule has 3 rings (SSSR count). The maximum absolute atomic E-state index is 12.9. The van der Waals surface area contributed by atoms with Crippen molar-refractivity contribution in [3.63, 3.8) is 0 Å². The number of nitrogens with zero attached hydrogens (tertiary/aromatic N) is 2. The summed E-state index contributed by atoms with van der Waals surface area (Å²) >= 11 is 0. The Labute approximate surface area is 135 Å². The smallest absolute Gasteiger partial charge is 0.259 e. The van der Waals surface area contributed by atoms with E-state index in [2.05, 4.69) is 4.98 Å². The fourth-order valence-corrected chi connectivity index (χ4v) is 2.55. The molecule has 2 aromatic rings. The van der Waals surface area contributed by atoms with Crippen LogP contribution in [0.25, 0.3) is 0 Å². The molecule has 0 aliphatic heterocycles. The van der Waals surface area contributed by atoms with Crippen LogP contribution < -0.4 is 9.47 Å². The molecule has 1 aliphatic rings. The van der Waals surface area contributed by atoms with Crippen LogP contribution in [0.3, 0.4) is 0 Å². The van der Waals surface area contributed by atoms with E-state index in [1.54, 1.807) is 25.4 Å². The van der Waals surface area contributed by atoms with Gasteiger partial charge in [-0.3, -0.25) is 4.79 Å². The number of ether oxygens (including phenoxy) is 2. The normalized spacial score (nSPS) is 13.5. The van der Waals surface area contributed by atoms with Crippen LogP contribution in [0.2, 0.25) is 0 Å². The van der Waals surface area contributed by atoms with E-state index in [9.17, 15) is 4.79 Å². The van der Waals surface area contributed by atoms with Crippen LogP contribution in [0.15, 0.2) is 42.6 Å². The third kappa shape index (κ3) is 3.44. The van der Waals surface area contributed by atoms with E-state index in [-0.39, 0.29) is 5.91 Å². The molecule has 0 N–H and O–H groups in total. The van der Waals surface area contributed by atoms with E-state index < -0.39 is 0 Å². The second kappa shape index (κ2) is 6.69. The zero-order chi connectivity index (χ0) is 16.2. The Bertz CT molecular complexity index is 681. The second-order valence-electron chi connectivity index (χ2n) is 5.57. The SMILES string of the molecule is COc1ccc(CN(C(=O)c2cccnc2OC)C2CC2)cc1. The van der Waals surface area contributed by atoms with E-state index in [0.717, 1.165) is 24.2 Å². The number of rotatable bonds is 6. The van der Waals surface area contributed by atoms with Gasteiger partial charge >= 0.3 is 0 Å². The van der Waals surface area contributed by atoms with Crippen molar-refractivity contribution >= 4 is 5.91 Å². The largest absolute Gasteiger partial charge is 0.497 e. The minimum absolute atomic E-state index is 0.0340. The summed E-state index contributed by atoms with van der Waals surface area (Å²) in [6.45, 7) is 0.575. The van der Waals surface area contributed by atoms with E-state index in [0.29, 0.717) is 24.0 Å². The molecule has 0 bridgehead atoms. The summed E-state index contributed by atoms with van der Waals surface area (Å²) in [5.74, 6) is 1.15. The van der Waals surface area contributed by atoms with Gasteiger partial charge in [0.25, 0.3) is 5.91 Å². The van der Waals surface area contributed by atoms with Crippen molar-refractivity contribution in [2.75, 3.05) is 14.2 Å². The van der Waals surface area contributed by atoms with Gasteiger partial charge in [-0.15, -0.1) is 0 Å². The fourth-order valence-electron chi connectivity index (χ4n) is 2.55. The van der Waals surface area contributed by atoms with Crippen molar-refractivity contribution < 1.29 is 14.3 Å². The number of hydrogen-bond acceptors (Lipinski definition) is 4. The van der Waals surface area contributed by atoms with Crippen molar-refractivity contribution in [3.8, 4) is 11.6 Å². The zero-order valence-corrected chi connectivity index (χ0v) is 13.4. The van der Waals surface area contributed by atoms with Crippen LogP contribution in [0, 0.1) is 0 Å². The molecule has 0 saturated heterocycles. The molecule has 23 heavy (non-hydrogen) atoms. The molecule has 1 aromatic carbocycles. The first-order chi connectivity index (χ1) is 11.2. The summed E-state index contributed by atoms with van der Waals surface area (Å²) < 4.78 is 10.4. The average Bonchev–Trinajstić information content (AvgIpc) is 3.44. The van der Waals surface area contributed by atoms with Crippen molar-refractivity contribution in [1.82, 2.24) is 9.88 Å². The van der Waals surface area contributed by atoms with Gasteiger partial charge in [0.05, 0.1) is 14.2 Å². The lowest BCUT2D eigenvalue weighted by atomic mass is 10.1. The third-order valence-electron chi connectivity index (χ3n) is 3.96. The summed E-state index contributed by atoms with van der Waals surface area (Å²) in [5, 5.41) is 0. The lowest BCUT2D eigenvalue weighted by Gasteiger charge is -2.23. The van der Waals surface area contributed by atoms with Gasteiger partial charge in [-0.2, -0.15) is 0 Å². The fraction of sp³-hybridized carbons (Fsp3) is 0.333. The minimum atomic E-state index is -0.0340. The molecule has 0 spiro atoms. The summed E-state index contributed by atoms with van der Waals surface area (Å²) in [7, 11) is 3.17. The Morgan fingerprint density at radius 3 is 2.52 bits per heavy atom. The highest BCUT2D eigenvalue weighted by Crippen LogP contribution is 2.31. The molecule has 5 heteroatoms. The first-order valence-corrected chi connectivity index (χ1v) is 7.66. The Kier molecular flexibility index (Phi) is 4.46. The third-order valence-corrected chi connectivity index (χ3v) is 3.96. The first kappa shape index (κ1) is 15.3. The molecule has 0 unspecified atom stereocenters. The molecular formula is C18H20N2O3.